The molecule has 2 atom stereocenters. The summed E-state index contributed by atoms with van der Waals surface area (Å²) in [6, 6.07) is 15.2. The molecule has 0 heterocycles. The van der Waals surface area contributed by atoms with E-state index in [-0.39, 0.29) is 18.7 Å². The molecule has 2 aromatic rings. The van der Waals surface area contributed by atoms with Crippen LogP contribution in [-0.4, -0.2) is 22.3 Å². The summed E-state index contributed by atoms with van der Waals surface area (Å²) in [7, 11) is 0. The van der Waals surface area contributed by atoms with Gasteiger partial charge in [-0.3, -0.25) is 0 Å². The standard InChI is InChI=1S/C18H20N2O3/c21-11-13-6-2-4-8-15(13)19-17-14-7-3-1-5-12(14)9-10-16(17)20-18(22)23/h1-8,16-17,19-21H,9-11H2,(H,22,23). The van der Waals surface area contributed by atoms with Gasteiger partial charge in [0.05, 0.1) is 18.7 Å². The van der Waals surface area contributed by atoms with Gasteiger partial charge in [-0.2, -0.15) is 0 Å². The molecule has 23 heavy (non-hydrogen) atoms. The van der Waals surface area contributed by atoms with Gasteiger partial charge in [0.2, 0.25) is 0 Å². The van der Waals surface area contributed by atoms with Crippen LogP contribution in [0.1, 0.15) is 29.2 Å². The molecule has 1 aliphatic rings. The number of amides is 1. The molecule has 5 heteroatoms. The lowest BCUT2D eigenvalue weighted by Gasteiger charge is -2.35. The molecule has 0 spiro atoms. The van der Waals surface area contributed by atoms with Crippen molar-refractivity contribution in [2.45, 2.75) is 31.5 Å². The predicted octanol–water partition coefficient (Wildman–Crippen LogP) is 2.91. The largest absolute Gasteiger partial charge is 0.465 e. The number of hydrogen-bond donors (Lipinski definition) is 4. The lowest BCUT2D eigenvalue weighted by atomic mass is 9.83. The van der Waals surface area contributed by atoms with Gasteiger partial charge in [-0.05, 0) is 30.0 Å². The van der Waals surface area contributed by atoms with Crippen LogP contribution in [0.3, 0.4) is 0 Å². The molecule has 2 unspecified atom stereocenters. The summed E-state index contributed by atoms with van der Waals surface area (Å²) in [4.78, 5) is 11.1. The van der Waals surface area contributed by atoms with Crippen molar-refractivity contribution >= 4 is 11.8 Å². The molecule has 0 aromatic heterocycles. The Bertz CT molecular complexity index is 702. The number of carbonyl (C=O) groups is 1. The molecule has 0 fully saturated rings. The van der Waals surface area contributed by atoms with Crippen molar-refractivity contribution in [3.05, 3.63) is 65.2 Å². The number of para-hydroxylation sites is 1. The van der Waals surface area contributed by atoms with Crippen molar-refractivity contribution in [3.8, 4) is 0 Å². The molecule has 2 aromatic carbocycles. The van der Waals surface area contributed by atoms with Gasteiger partial charge in [-0.25, -0.2) is 4.79 Å². The Morgan fingerprint density at radius 2 is 1.87 bits per heavy atom. The van der Waals surface area contributed by atoms with Crippen LogP contribution in [0.5, 0.6) is 0 Å². The SMILES string of the molecule is O=C(O)NC1CCc2ccccc2C1Nc1ccccc1CO. The first-order chi connectivity index (χ1) is 11.2. The second kappa shape index (κ2) is 6.71. The molecule has 5 nitrogen and oxygen atoms in total. The number of rotatable bonds is 4. The van der Waals surface area contributed by atoms with Gasteiger partial charge in [0.1, 0.15) is 0 Å². The number of carboxylic acid groups (broad SMARTS) is 1. The predicted molar refractivity (Wildman–Crippen MR) is 88.4 cm³/mol. The van der Waals surface area contributed by atoms with E-state index < -0.39 is 6.09 Å². The van der Waals surface area contributed by atoms with Gasteiger partial charge in [0.15, 0.2) is 0 Å². The summed E-state index contributed by atoms with van der Waals surface area (Å²) in [5.41, 5.74) is 3.96. The van der Waals surface area contributed by atoms with Crippen molar-refractivity contribution < 1.29 is 15.0 Å². The highest BCUT2D eigenvalue weighted by Gasteiger charge is 2.30. The Labute approximate surface area is 135 Å². The van der Waals surface area contributed by atoms with Crippen molar-refractivity contribution in [3.63, 3.8) is 0 Å². The molecule has 0 radical (unpaired) electrons. The summed E-state index contributed by atoms with van der Waals surface area (Å²) in [6.45, 7) is -0.0609. The van der Waals surface area contributed by atoms with E-state index in [1.165, 1.54) is 5.56 Å². The van der Waals surface area contributed by atoms with E-state index in [1.807, 2.05) is 42.5 Å². The number of benzene rings is 2. The van der Waals surface area contributed by atoms with Crippen LogP contribution in [0.15, 0.2) is 48.5 Å². The maximum absolute atomic E-state index is 11.1. The van der Waals surface area contributed by atoms with Crippen LogP contribution < -0.4 is 10.6 Å². The number of hydrogen-bond acceptors (Lipinski definition) is 3. The fourth-order valence-electron chi connectivity index (χ4n) is 3.22. The highest BCUT2D eigenvalue weighted by atomic mass is 16.4. The summed E-state index contributed by atoms with van der Waals surface area (Å²) < 4.78 is 0. The molecular weight excluding hydrogens is 292 g/mol. The summed E-state index contributed by atoms with van der Waals surface area (Å²) in [5, 5.41) is 24.7. The van der Waals surface area contributed by atoms with Crippen LogP contribution in [0, 0.1) is 0 Å². The monoisotopic (exact) mass is 312 g/mol. The van der Waals surface area contributed by atoms with Crippen LogP contribution in [0.2, 0.25) is 0 Å². The first kappa shape index (κ1) is 15.4. The van der Waals surface area contributed by atoms with E-state index in [0.717, 1.165) is 29.7 Å². The van der Waals surface area contributed by atoms with Crippen LogP contribution in [-0.2, 0) is 13.0 Å². The fourth-order valence-corrected chi connectivity index (χ4v) is 3.22. The third-order valence-corrected chi connectivity index (χ3v) is 4.32. The lowest BCUT2D eigenvalue weighted by molar-refractivity contribution is 0.186. The van der Waals surface area contributed by atoms with E-state index in [2.05, 4.69) is 16.7 Å². The second-order valence-corrected chi connectivity index (χ2v) is 5.73. The van der Waals surface area contributed by atoms with Crippen LogP contribution >= 0.6 is 0 Å². The third kappa shape index (κ3) is 3.29. The Balaban J connectivity index is 1.95. The molecule has 1 amide bonds. The zero-order valence-corrected chi connectivity index (χ0v) is 12.7. The molecule has 1 aliphatic carbocycles. The van der Waals surface area contributed by atoms with Gasteiger partial charge in [-0.15, -0.1) is 0 Å². The molecule has 120 valence electrons. The first-order valence-electron chi connectivity index (χ1n) is 7.71. The molecule has 0 aliphatic heterocycles. The van der Waals surface area contributed by atoms with Crippen molar-refractivity contribution in [2.75, 3.05) is 5.32 Å². The van der Waals surface area contributed by atoms with E-state index in [9.17, 15) is 9.90 Å². The zero-order valence-electron chi connectivity index (χ0n) is 12.7. The number of aryl methyl sites for hydroxylation is 1. The highest BCUT2D eigenvalue weighted by Crippen LogP contribution is 2.33. The topological polar surface area (TPSA) is 81.6 Å². The Hall–Kier alpha value is -2.53. The third-order valence-electron chi connectivity index (χ3n) is 4.32. The van der Waals surface area contributed by atoms with E-state index in [0.29, 0.717) is 0 Å². The Morgan fingerprint density at radius 1 is 1.13 bits per heavy atom. The Morgan fingerprint density at radius 3 is 2.65 bits per heavy atom. The fraction of sp³-hybridized carbons (Fsp3) is 0.278. The van der Waals surface area contributed by atoms with Crippen molar-refractivity contribution in [1.29, 1.82) is 0 Å². The van der Waals surface area contributed by atoms with Gasteiger partial charge < -0.3 is 20.8 Å². The minimum atomic E-state index is -1.02. The van der Waals surface area contributed by atoms with E-state index in [1.54, 1.807) is 0 Å². The first-order valence-corrected chi connectivity index (χ1v) is 7.71. The Kier molecular flexibility index (Phi) is 4.48. The molecular formula is C18H20N2O3. The van der Waals surface area contributed by atoms with E-state index in [4.69, 9.17) is 5.11 Å². The normalized spacial score (nSPS) is 19.7. The average molecular weight is 312 g/mol. The quantitative estimate of drug-likeness (QED) is 0.700. The molecule has 4 N–H and O–H groups in total. The summed E-state index contributed by atoms with van der Waals surface area (Å²) in [5.74, 6) is 0. The zero-order chi connectivity index (χ0) is 16.2. The van der Waals surface area contributed by atoms with Gasteiger partial charge >= 0.3 is 6.09 Å². The van der Waals surface area contributed by atoms with E-state index >= 15 is 0 Å². The smallest absolute Gasteiger partial charge is 0.404 e. The summed E-state index contributed by atoms with van der Waals surface area (Å²) in [6.07, 6.45) is 0.570. The number of aliphatic hydroxyl groups excluding tert-OH is 1. The van der Waals surface area contributed by atoms with Crippen LogP contribution in [0.25, 0.3) is 0 Å². The average Bonchev–Trinajstić information content (AvgIpc) is 2.57. The number of aliphatic hydroxyl groups is 1. The highest BCUT2D eigenvalue weighted by molar-refractivity contribution is 5.65. The lowest BCUT2D eigenvalue weighted by Crippen LogP contribution is -2.44. The van der Waals surface area contributed by atoms with Crippen LogP contribution in [0.4, 0.5) is 10.5 Å². The van der Waals surface area contributed by atoms with Crippen molar-refractivity contribution in [1.82, 2.24) is 5.32 Å². The molecule has 3 rings (SSSR count). The van der Waals surface area contributed by atoms with Crippen molar-refractivity contribution in [2.24, 2.45) is 0 Å². The van der Waals surface area contributed by atoms with Gasteiger partial charge in [0.25, 0.3) is 0 Å². The van der Waals surface area contributed by atoms with Gasteiger partial charge in [0, 0.05) is 11.3 Å². The van der Waals surface area contributed by atoms with Gasteiger partial charge in [-0.1, -0.05) is 42.5 Å². The number of anilines is 1. The summed E-state index contributed by atoms with van der Waals surface area (Å²) >= 11 is 0. The number of fused-ring (bicyclic) bond motifs is 1. The molecule has 0 saturated carbocycles. The second-order valence-electron chi connectivity index (χ2n) is 5.73. The minimum Gasteiger partial charge on any atom is -0.465 e. The minimum absolute atomic E-state index is 0.0609. The maximum atomic E-state index is 11.1. The molecule has 0 saturated heterocycles. The maximum Gasteiger partial charge on any atom is 0.404 e. The molecule has 0 bridgehead atoms. The number of nitrogens with one attached hydrogen (secondary N) is 2.